The Morgan fingerprint density at radius 1 is 1.07 bits per heavy atom. The zero-order valence-electron chi connectivity index (χ0n) is 17.3. The second-order valence-corrected chi connectivity index (χ2v) is 7.08. The summed E-state index contributed by atoms with van der Waals surface area (Å²) in [5, 5.41) is 4.13. The summed E-state index contributed by atoms with van der Waals surface area (Å²) in [6.07, 6.45) is 3.45. The number of fused-ring (bicyclic) bond motifs is 1. The van der Waals surface area contributed by atoms with Crippen molar-refractivity contribution >= 4 is 22.5 Å². The molecule has 148 valence electrons. The zero-order chi connectivity index (χ0) is 20.1. The van der Waals surface area contributed by atoms with Crippen molar-refractivity contribution in [3.8, 4) is 5.75 Å². The van der Waals surface area contributed by atoms with Crippen molar-refractivity contribution in [2.75, 3.05) is 11.9 Å². The van der Waals surface area contributed by atoms with Crippen LogP contribution in [0.5, 0.6) is 5.75 Å². The monoisotopic (exact) mass is 378 g/mol. The van der Waals surface area contributed by atoms with Gasteiger partial charge in [-0.3, -0.25) is 4.79 Å². The number of carbonyl (C=O) groups is 1. The van der Waals surface area contributed by atoms with E-state index >= 15 is 0 Å². The normalized spacial score (nSPS) is 11.0. The molecule has 1 heterocycles. The van der Waals surface area contributed by atoms with Gasteiger partial charge in [0.2, 0.25) is 0 Å². The summed E-state index contributed by atoms with van der Waals surface area (Å²) in [6.45, 7) is 9.60. The van der Waals surface area contributed by atoms with Gasteiger partial charge < -0.3 is 14.6 Å². The third kappa shape index (κ3) is 4.06. The fourth-order valence-electron chi connectivity index (χ4n) is 3.71. The van der Waals surface area contributed by atoms with E-state index in [1.807, 2.05) is 44.2 Å². The molecule has 0 bridgehead atoms. The van der Waals surface area contributed by atoms with Crippen molar-refractivity contribution in [2.24, 2.45) is 0 Å². The minimum absolute atomic E-state index is 0.0742. The minimum atomic E-state index is -0.0742. The Labute approximate surface area is 167 Å². The molecule has 0 unspecified atom stereocenters. The molecular formula is C24H30N2O2. The van der Waals surface area contributed by atoms with Gasteiger partial charge in [0.05, 0.1) is 6.61 Å². The maximum atomic E-state index is 13.1. The molecule has 0 radical (unpaired) electrons. The summed E-state index contributed by atoms with van der Waals surface area (Å²) < 4.78 is 7.71. The average molecular weight is 379 g/mol. The van der Waals surface area contributed by atoms with E-state index in [1.54, 1.807) is 0 Å². The third-order valence-electron chi connectivity index (χ3n) is 5.16. The Bertz CT molecular complexity index is 955. The molecule has 0 aliphatic heterocycles. The molecule has 0 saturated carbocycles. The molecule has 2 aromatic carbocycles. The van der Waals surface area contributed by atoms with Crippen LogP contribution in [-0.2, 0) is 13.0 Å². The minimum Gasteiger partial charge on any atom is -0.494 e. The molecule has 1 aromatic heterocycles. The van der Waals surface area contributed by atoms with E-state index in [1.165, 1.54) is 18.4 Å². The Balaban J connectivity index is 1.89. The number of nitrogens with one attached hydrogen (secondary N) is 1. The van der Waals surface area contributed by atoms with Gasteiger partial charge in [-0.2, -0.15) is 0 Å². The number of ether oxygens (including phenoxy) is 1. The van der Waals surface area contributed by atoms with Crippen molar-refractivity contribution in [1.29, 1.82) is 0 Å². The van der Waals surface area contributed by atoms with Gasteiger partial charge in [-0.15, -0.1) is 0 Å². The topological polar surface area (TPSA) is 43.3 Å². The van der Waals surface area contributed by atoms with E-state index in [-0.39, 0.29) is 5.91 Å². The van der Waals surface area contributed by atoms with Crippen molar-refractivity contribution in [2.45, 2.75) is 53.5 Å². The number of carbonyl (C=O) groups excluding carboxylic acids is 1. The van der Waals surface area contributed by atoms with E-state index in [0.717, 1.165) is 40.9 Å². The Morgan fingerprint density at radius 2 is 1.82 bits per heavy atom. The molecule has 0 aliphatic rings. The molecule has 4 heteroatoms. The maximum Gasteiger partial charge on any atom is 0.272 e. The lowest BCUT2D eigenvalue weighted by Crippen LogP contribution is -2.17. The third-order valence-corrected chi connectivity index (χ3v) is 5.16. The van der Waals surface area contributed by atoms with Crippen LogP contribution in [0.1, 0.15) is 55.2 Å². The standard InChI is InChI=1S/C24H30N2O2/c1-5-8-9-18-10-12-19(13-11-18)25-24(27)23-17(4)21-16-20(28-7-3)14-15-22(21)26(23)6-2/h10-16H,5-9H2,1-4H3,(H,25,27). The molecule has 0 spiro atoms. The highest BCUT2D eigenvalue weighted by Gasteiger charge is 2.20. The summed E-state index contributed by atoms with van der Waals surface area (Å²) in [4.78, 5) is 13.1. The molecule has 1 amide bonds. The van der Waals surface area contributed by atoms with Gasteiger partial charge in [-0.1, -0.05) is 25.5 Å². The lowest BCUT2D eigenvalue weighted by Gasteiger charge is -2.10. The number of aryl methyl sites for hydroxylation is 3. The van der Waals surface area contributed by atoms with Crippen molar-refractivity contribution in [3.05, 3.63) is 59.3 Å². The number of rotatable bonds is 8. The Kier molecular flexibility index (Phi) is 6.40. The number of hydrogen-bond acceptors (Lipinski definition) is 2. The molecule has 1 N–H and O–H groups in total. The quantitative estimate of drug-likeness (QED) is 0.525. The zero-order valence-corrected chi connectivity index (χ0v) is 17.3. The van der Waals surface area contributed by atoms with Crippen LogP contribution in [0, 0.1) is 6.92 Å². The molecule has 4 nitrogen and oxygen atoms in total. The average Bonchev–Trinajstić information content (AvgIpc) is 2.99. The number of hydrogen-bond donors (Lipinski definition) is 1. The first-order valence-corrected chi connectivity index (χ1v) is 10.2. The molecule has 0 aliphatic carbocycles. The second kappa shape index (κ2) is 8.96. The van der Waals surface area contributed by atoms with Gasteiger partial charge >= 0.3 is 0 Å². The van der Waals surface area contributed by atoms with Crippen LogP contribution < -0.4 is 10.1 Å². The smallest absolute Gasteiger partial charge is 0.272 e. The second-order valence-electron chi connectivity index (χ2n) is 7.08. The van der Waals surface area contributed by atoms with Crippen LogP contribution in [0.25, 0.3) is 10.9 Å². The molecule has 3 aromatic rings. The predicted molar refractivity (Wildman–Crippen MR) is 117 cm³/mol. The van der Waals surface area contributed by atoms with Crippen LogP contribution in [0.15, 0.2) is 42.5 Å². The van der Waals surface area contributed by atoms with Crippen LogP contribution >= 0.6 is 0 Å². The van der Waals surface area contributed by atoms with Crippen molar-refractivity contribution in [1.82, 2.24) is 4.57 Å². The van der Waals surface area contributed by atoms with Crippen LogP contribution in [-0.4, -0.2) is 17.1 Å². The summed E-state index contributed by atoms with van der Waals surface area (Å²) in [6, 6.07) is 14.2. The van der Waals surface area contributed by atoms with E-state index in [4.69, 9.17) is 4.74 Å². The van der Waals surface area contributed by atoms with Crippen LogP contribution in [0.3, 0.4) is 0 Å². The van der Waals surface area contributed by atoms with Gasteiger partial charge in [-0.25, -0.2) is 0 Å². The molecule has 0 saturated heterocycles. The summed E-state index contributed by atoms with van der Waals surface area (Å²) in [5.41, 5.74) is 4.88. The molecule has 0 fully saturated rings. The Hall–Kier alpha value is -2.75. The van der Waals surface area contributed by atoms with Gasteiger partial charge in [0.15, 0.2) is 0 Å². The molecule has 3 rings (SSSR count). The summed E-state index contributed by atoms with van der Waals surface area (Å²) in [7, 11) is 0. The first-order chi connectivity index (χ1) is 13.6. The Morgan fingerprint density at radius 3 is 2.46 bits per heavy atom. The lowest BCUT2D eigenvalue weighted by molar-refractivity contribution is 0.101. The molecule has 0 atom stereocenters. The number of nitrogens with zero attached hydrogens (tertiary/aromatic N) is 1. The van der Waals surface area contributed by atoms with E-state index < -0.39 is 0 Å². The number of unbranched alkanes of at least 4 members (excludes halogenated alkanes) is 1. The summed E-state index contributed by atoms with van der Waals surface area (Å²) in [5.74, 6) is 0.760. The van der Waals surface area contributed by atoms with Crippen molar-refractivity contribution < 1.29 is 9.53 Å². The van der Waals surface area contributed by atoms with Gasteiger partial charge in [0.1, 0.15) is 11.4 Å². The largest absolute Gasteiger partial charge is 0.494 e. The van der Waals surface area contributed by atoms with Gasteiger partial charge in [0.25, 0.3) is 5.91 Å². The number of anilines is 1. The first-order valence-electron chi connectivity index (χ1n) is 10.2. The lowest BCUT2D eigenvalue weighted by atomic mass is 10.1. The van der Waals surface area contributed by atoms with Crippen LogP contribution in [0.2, 0.25) is 0 Å². The van der Waals surface area contributed by atoms with Gasteiger partial charge in [-0.05, 0) is 75.1 Å². The van der Waals surface area contributed by atoms with Crippen LogP contribution in [0.4, 0.5) is 5.69 Å². The number of amides is 1. The van der Waals surface area contributed by atoms with Gasteiger partial charge in [0, 0.05) is 23.1 Å². The molecular weight excluding hydrogens is 348 g/mol. The summed E-state index contributed by atoms with van der Waals surface area (Å²) >= 11 is 0. The van der Waals surface area contributed by atoms with E-state index in [9.17, 15) is 4.79 Å². The van der Waals surface area contributed by atoms with E-state index in [0.29, 0.717) is 12.3 Å². The first kappa shape index (κ1) is 20.0. The predicted octanol–water partition coefficient (Wildman–Crippen LogP) is 5.96. The van der Waals surface area contributed by atoms with E-state index in [2.05, 4.69) is 35.9 Å². The SMILES string of the molecule is CCCCc1ccc(NC(=O)c2c(C)c3cc(OCC)ccc3n2CC)cc1. The fraction of sp³-hybridized carbons (Fsp3) is 0.375. The number of benzene rings is 2. The highest BCUT2D eigenvalue weighted by Crippen LogP contribution is 2.30. The van der Waals surface area contributed by atoms with Crippen molar-refractivity contribution in [3.63, 3.8) is 0 Å². The number of aromatic nitrogens is 1. The highest BCUT2D eigenvalue weighted by atomic mass is 16.5. The maximum absolute atomic E-state index is 13.1. The molecule has 28 heavy (non-hydrogen) atoms. The fourth-order valence-corrected chi connectivity index (χ4v) is 3.71. The highest BCUT2D eigenvalue weighted by molar-refractivity contribution is 6.08.